The molecule has 0 radical (unpaired) electrons. The zero-order valence-electron chi connectivity index (χ0n) is 6.20. The summed E-state index contributed by atoms with van der Waals surface area (Å²) >= 11 is 0. The van der Waals surface area contributed by atoms with Crippen LogP contribution in [0.1, 0.15) is 13.3 Å². The van der Waals surface area contributed by atoms with E-state index in [1.54, 1.807) is 6.92 Å². The van der Waals surface area contributed by atoms with Crippen LogP contribution in [0.15, 0.2) is 0 Å². The van der Waals surface area contributed by atoms with Gasteiger partial charge in [-0.25, -0.2) is 13.6 Å². The summed E-state index contributed by atoms with van der Waals surface area (Å²) in [6, 6.07) is 0. The van der Waals surface area contributed by atoms with Crippen molar-refractivity contribution in [2.24, 2.45) is 5.14 Å². The van der Waals surface area contributed by atoms with Gasteiger partial charge < -0.3 is 4.74 Å². The summed E-state index contributed by atoms with van der Waals surface area (Å²) in [6.45, 7) is 1.80. The number of hydrogen-bond acceptors (Lipinski definition) is 3. The van der Waals surface area contributed by atoms with Crippen LogP contribution in [0.2, 0.25) is 0 Å². The number of sulfonamides is 1. The molecule has 10 heavy (non-hydrogen) atoms. The van der Waals surface area contributed by atoms with Gasteiger partial charge in [0.1, 0.15) is 0 Å². The molecule has 4 nitrogen and oxygen atoms in total. The van der Waals surface area contributed by atoms with Crippen LogP contribution in [-0.2, 0) is 14.8 Å². The Morgan fingerprint density at radius 3 is 2.40 bits per heavy atom. The van der Waals surface area contributed by atoms with Gasteiger partial charge in [-0.1, -0.05) is 0 Å². The van der Waals surface area contributed by atoms with Gasteiger partial charge in [0.25, 0.3) is 0 Å². The predicted octanol–water partition coefficient (Wildman–Crippen LogP) is -0.300. The van der Waals surface area contributed by atoms with Gasteiger partial charge in [-0.3, -0.25) is 0 Å². The predicted molar refractivity (Wildman–Crippen MR) is 39.1 cm³/mol. The molecular formula is C5H13NO3S. The molecule has 0 saturated carbocycles. The smallest absolute Gasteiger partial charge is 0.209 e. The molecule has 0 aliphatic rings. The number of ether oxygens (including phenoxy) is 1. The summed E-state index contributed by atoms with van der Waals surface area (Å²) in [5, 5.41) is 4.76. The fourth-order valence-electron chi connectivity index (χ4n) is 0.448. The molecule has 5 heteroatoms. The average molecular weight is 167 g/mol. The molecule has 0 bridgehead atoms. The van der Waals surface area contributed by atoms with Gasteiger partial charge in [0.2, 0.25) is 10.0 Å². The lowest BCUT2D eigenvalue weighted by Gasteiger charge is -2.06. The van der Waals surface area contributed by atoms with E-state index >= 15 is 0 Å². The van der Waals surface area contributed by atoms with Crippen molar-refractivity contribution in [2.75, 3.05) is 12.9 Å². The number of nitrogens with two attached hydrogens (primary N) is 1. The molecule has 0 amide bonds. The fraction of sp³-hybridized carbons (Fsp3) is 1.00. The van der Waals surface area contributed by atoms with E-state index in [2.05, 4.69) is 0 Å². The third-order valence-electron chi connectivity index (χ3n) is 1.21. The van der Waals surface area contributed by atoms with Crippen molar-refractivity contribution in [1.82, 2.24) is 0 Å². The molecule has 1 atom stereocenters. The van der Waals surface area contributed by atoms with Crippen LogP contribution in [0, 0.1) is 0 Å². The van der Waals surface area contributed by atoms with Gasteiger partial charge in [0, 0.05) is 7.11 Å². The third-order valence-corrected chi connectivity index (χ3v) is 2.02. The first-order valence-electron chi connectivity index (χ1n) is 2.99. The quantitative estimate of drug-likeness (QED) is 0.625. The molecule has 2 N–H and O–H groups in total. The van der Waals surface area contributed by atoms with E-state index < -0.39 is 10.0 Å². The summed E-state index contributed by atoms with van der Waals surface area (Å²) in [4.78, 5) is 0. The van der Waals surface area contributed by atoms with Gasteiger partial charge in [-0.15, -0.1) is 0 Å². The summed E-state index contributed by atoms with van der Waals surface area (Å²) < 4.78 is 25.6. The highest BCUT2D eigenvalue weighted by Gasteiger charge is 2.06. The topological polar surface area (TPSA) is 69.4 Å². The number of rotatable bonds is 4. The highest BCUT2D eigenvalue weighted by Crippen LogP contribution is 1.96. The van der Waals surface area contributed by atoms with Crippen molar-refractivity contribution in [3.8, 4) is 0 Å². The third kappa shape index (κ3) is 6.00. The highest BCUT2D eigenvalue weighted by molar-refractivity contribution is 7.89. The molecule has 0 aliphatic carbocycles. The minimum absolute atomic E-state index is 0.0119. The zero-order valence-corrected chi connectivity index (χ0v) is 7.02. The lowest BCUT2D eigenvalue weighted by atomic mass is 10.3. The Bertz CT molecular complexity index is 175. The van der Waals surface area contributed by atoms with Crippen molar-refractivity contribution in [3.05, 3.63) is 0 Å². The van der Waals surface area contributed by atoms with E-state index in [1.165, 1.54) is 7.11 Å². The molecule has 0 aromatic rings. The van der Waals surface area contributed by atoms with E-state index in [1.807, 2.05) is 0 Å². The molecular weight excluding hydrogens is 154 g/mol. The van der Waals surface area contributed by atoms with E-state index in [0.29, 0.717) is 6.42 Å². The van der Waals surface area contributed by atoms with Gasteiger partial charge in [0.05, 0.1) is 11.9 Å². The molecule has 0 aromatic heterocycles. The monoisotopic (exact) mass is 167 g/mol. The van der Waals surface area contributed by atoms with E-state index in [0.717, 1.165) is 0 Å². The average Bonchev–Trinajstić information content (AvgIpc) is 1.81. The lowest BCUT2D eigenvalue weighted by molar-refractivity contribution is 0.116. The SMILES string of the molecule is COC(C)CCS(N)(=O)=O. The number of methoxy groups -OCH3 is 1. The second-order valence-corrected chi connectivity index (χ2v) is 3.94. The minimum atomic E-state index is -3.31. The second kappa shape index (κ2) is 3.90. The number of hydrogen-bond donors (Lipinski definition) is 1. The van der Waals surface area contributed by atoms with Crippen molar-refractivity contribution >= 4 is 10.0 Å². The van der Waals surface area contributed by atoms with Crippen LogP contribution in [0.5, 0.6) is 0 Å². The highest BCUT2D eigenvalue weighted by atomic mass is 32.2. The molecule has 0 aliphatic heterocycles. The summed E-state index contributed by atoms with van der Waals surface area (Å²) in [5.74, 6) is -0.0119. The maximum atomic E-state index is 10.4. The van der Waals surface area contributed by atoms with Crippen LogP contribution in [0.4, 0.5) is 0 Å². The Morgan fingerprint density at radius 2 is 2.10 bits per heavy atom. The molecule has 1 unspecified atom stereocenters. The first-order chi connectivity index (χ1) is 4.45. The van der Waals surface area contributed by atoms with E-state index in [-0.39, 0.29) is 11.9 Å². The molecule has 0 rings (SSSR count). The standard InChI is InChI=1S/C5H13NO3S/c1-5(9-2)3-4-10(6,7)8/h5H,3-4H2,1-2H3,(H2,6,7,8). The largest absolute Gasteiger partial charge is 0.382 e. The van der Waals surface area contributed by atoms with Crippen molar-refractivity contribution < 1.29 is 13.2 Å². The summed E-state index contributed by atoms with van der Waals surface area (Å²) in [5.41, 5.74) is 0. The maximum absolute atomic E-state index is 10.4. The maximum Gasteiger partial charge on any atom is 0.209 e. The Kier molecular flexibility index (Phi) is 3.85. The Morgan fingerprint density at radius 1 is 1.60 bits per heavy atom. The molecule has 0 heterocycles. The van der Waals surface area contributed by atoms with Crippen molar-refractivity contribution in [1.29, 1.82) is 0 Å². The van der Waals surface area contributed by atoms with Gasteiger partial charge in [-0.05, 0) is 13.3 Å². The van der Waals surface area contributed by atoms with Crippen LogP contribution < -0.4 is 5.14 Å². The van der Waals surface area contributed by atoms with Crippen molar-refractivity contribution in [2.45, 2.75) is 19.4 Å². The number of primary sulfonamides is 1. The minimum Gasteiger partial charge on any atom is -0.382 e. The molecule has 62 valence electrons. The normalized spacial score (nSPS) is 15.1. The van der Waals surface area contributed by atoms with Crippen LogP contribution in [0.3, 0.4) is 0 Å². The molecule has 0 aromatic carbocycles. The zero-order chi connectivity index (χ0) is 8.20. The van der Waals surface area contributed by atoms with Gasteiger partial charge in [0.15, 0.2) is 0 Å². The van der Waals surface area contributed by atoms with Gasteiger partial charge in [-0.2, -0.15) is 0 Å². The summed E-state index contributed by atoms with van der Waals surface area (Å²) in [6.07, 6.45) is 0.410. The van der Waals surface area contributed by atoms with E-state index in [4.69, 9.17) is 9.88 Å². The van der Waals surface area contributed by atoms with E-state index in [9.17, 15) is 8.42 Å². The first-order valence-corrected chi connectivity index (χ1v) is 4.70. The Hall–Kier alpha value is -0.130. The van der Waals surface area contributed by atoms with Gasteiger partial charge >= 0.3 is 0 Å². The van der Waals surface area contributed by atoms with Crippen LogP contribution >= 0.6 is 0 Å². The second-order valence-electron chi connectivity index (χ2n) is 2.20. The summed E-state index contributed by atoms with van der Waals surface area (Å²) in [7, 11) is -1.77. The molecule has 0 fully saturated rings. The first kappa shape index (κ1) is 9.87. The lowest BCUT2D eigenvalue weighted by Crippen LogP contribution is -2.20. The molecule has 0 spiro atoms. The van der Waals surface area contributed by atoms with Crippen LogP contribution in [0.25, 0.3) is 0 Å². The fourth-order valence-corrected chi connectivity index (χ4v) is 1.11. The van der Waals surface area contributed by atoms with Crippen LogP contribution in [-0.4, -0.2) is 27.4 Å². The Balaban J connectivity index is 3.56. The molecule has 0 saturated heterocycles. The Labute approximate surface area is 61.4 Å². The van der Waals surface area contributed by atoms with Crippen molar-refractivity contribution in [3.63, 3.8) is 0 Å².